The van der Waals surface area contributed by atoms with Gasteiger partial charge >= 0.3 is 6.03 Å². The minimum atomic E-state index is -0.154. The first-order valence-electron chi connectivity index (χ1n) is 10.1. The number of likely N-dealkylation sites (tertiary alicyclic amines) is 1. The lowest BCUT2D eigenvalue weighted by molar-refractivity contribution is 0.0793. The first kappa shape index (κ1) is 17.4. The molecule has 1 aromatic rings. The van der Waals surface area contributed by atoms with Crippen LogP contribution in [0.1, 0.15) is 55.8 Å². The van der Waals surface area contributed by atoms with E-state index in [9.17, 15) is 9.59 Å². The van der Waals surface area contributed by atoms with Crippen molar-refractivity contribution in [2.75, 3.05) is 18.4 Å². The van der Waals surface area contributed by atoms with Gasteiger partial charge in [0.15, 0.2) is 0 Å². The standard InChI is InChI=1S/C21H29N3O2/c1-14(19-13-15-4-5-17(19)12-15)22-21(26)23-18-8-6-16(7-9-18)20(25)24-10-2-3-11-24/h6-9,14-15,17,19H,2-5,10-13H2,1H3,(H2,22,23,26)/t14-,15-,17-,19+/m0/s1. The average molecular weight is 355 g/mol. The summed E-state index contributed by atoms with van der Waals surface area (Å²) in [6.45, 7) is 3.83. The summed E-state index contributed by atoms with van der Waals surface area (Å²) in [5.74, 6) is 2.40. The summed E-state index contributed by atoms with van der Waals surface area (Å²) in [5, 5.41) is 6.01. The molecule has 1 saturated heterocycles. The molecule has 5 nitrogen and oxygen atoms in total. The van der Waals surface area contributed by atoms with Crippen LogP contribution in [0.4, 0.5) is 10.5 Å². The highest BCUT2D eigenvalue weighted by Crippen LogP contribution is 2.49. The number of nitrogens with one attached hydrogen (secondary N) is 2. The third-order valence-electron chi connectivity index (χ3n) is 6.58. The normalized spacial score (nSPS) is 28.2. The van der Waals surface area contributed by atoms with E-state index in [2.05, 4.69) is 17.6 Å². The second kappa shape index (κ2) is 7.29. The maximum atomic E-state index is 12.4. The van der Waals surface area contributed by atoms with Gasteiger partial charge in [0, 0.05) is 30.4 Å². The highest BCUT2D eigenvalue weighted by Gasteiger charge is 2.42. The Balaban J connectivity index is 1.29. The number of fused-ring (bicyclic) bond motifs is 2. The van der Waals surface area contributed by atoms with Gasteiger partial charge in [0.25, 0.3) is 5.91 Å². The number of benzene rings is 1. The van der Waals surface area contributed by atoms with Gasteiger partial charge in [-0.3, -0.25) is 4.79 Å². The van der Waals surface area contributed by atoms with E-state index in [0.29, 0.717) is 11.5 Å². The van der Waals surface area contributed by atoms with E-state index < -0.39 is 0 Å². The van der Waals surface area contributed by atoms with Crippen molar-refractivity contribution in [3.8, 4) is 0 Å². The van der Waals surface area contributed by atoms with Crippen LogP contribution in [-0.2, 0) is 0 Å². The van der Waals surface area contributed by atoms with Gasteiger partial charge in [-0.1, -0.05) is 6.42 Å². The summed E-state index contributed by atoms with van der Waals surface area (Å²) >= 11 is 0. The van der Waals surface area contributed by atoms with Gasteiger partial charge in [-0.25, -0.2) is 4.79 Å². The molecule has 0 spiro atoms. The Morgan fingerprint density at radius 3 is 2.42 bits per heavy atom. The van der Waals surface area contributed by atoms with E-state index in [4.69, 9.17) is 0 Å². The van der Waals surface area contributed by atoms with Crippen LogP contribution in [0.25, 0.3) is 0 Å². The number of hydrogen-bond acceptors (Lipinski definition) is 2. The molecule has 2 N–H and O–H groups in total. The van der Waals surface area contributed by atoms with Crippen LogP contribution in [0.2, 0.25) is 0 Å². The van der Waals surface area contributed by atoms with Crippen molar-refractivity contribution in [3.63, 3.8) is 0 Å². The van der Waals surface area contributed by atoms with Crippen LogP contribution in [-0.4, -0.2) is 36.0 Å². The van der Waals surface area contributed by atoms with E-state index in [1.807, 2.05) is 17.0 Å². The Labute approximate surface area is 155 Å². The van der Waals surface area contributed by atoms with Crippen molar-refractivity contribution < 1.29 is 9.59 Å². The average Bonchev–Trinajstić information content (AvgIpc) is 3.39. The maximum absolute atomic E-state index is 12.4. The first-order chi connectivity index (χ1) is 12.6. The minimum absolute atomic E-state index is 0.0865. The van der Waals surface area contributed by atoms with Gasteiger partial charge in [-0.2, -0.15) is 0 Å². The van der Waals surface area contributed by atoms with Gasteiger partial charge in [0.2, 0.25) is 0 Å². The molecule has 3 fully saturated rings. The second-order valence-electron chi connectivity index (χ2n) is 8.30. The first-order valence-corrected chi connectivity index (χ1v) is 10.1. The molecule has 2 aliphatic carbocycles. The second-order valence-corrected chi connectivity index (χ2v) is 8.30. The van der Waals surface area contributed by atoms with Gasteiger partial charge < -0.3 is 15.5 Å². The predicted octanol–water partition coefficient (Wildman–Crippen LogP) is 3.87. The van der Waals surface area contributed by atoms with Crippen LogP contribution in [0.5, 0.6) is 0 Å². The Hall–Kier alpha value is -2.04. The summed E-state index contributed by atoms with van der Waals surface area (Å²) in [6.07, 6.45) is 7.50. The monoisotopic (exact) mass is 355 g/mol. The number of rotatable bonds is 4. The van der Waals surface area contributed by atoms with Gasteiger partial charge in [0.1, 0.15) is 0 Å². The number of anilines is 1. The Bertz CT molecular complexity index is 666. The van der Waals surface area contributed by atoms with E-state index in [-0.39, 0.29) is 18.0 Å². The smallest absolute Gasteiger partial charge is 0.319 e. The molecule has 1 heterocycles. The molecule has 2 saturated carbocycles. The molecule has 26 heavy (non-hydrogen) atoms. The lowest BCUT2D eigenvalue weighted by atomic mass is 9.84. The summed E-state index contributed by atoms with van der Waals surface area (Å²) < 4.78 is 0. The Morgan fingerprint density at radius 2 is 1.81 bits per heavy atom. The van der Waals surface area contributed by atoms with Crippen molar-refractivity contribution in [1.82, 2.24) is 10.2 Å². The molecular formula is C21H29N3O2. The topological polar surface area (TPSA) is 61.4 Å². The predicted molar refractivity (Wildman–Crippen MR) is 102 cm³/mol. The molecule has 0 radical (unpaired) electrons. The van der Waals surface area contributed by atoms with Crippen molar-refractivity contribution in [2.45, 2.75) is 51.5 Å². The molecule has 4 rings (SSSR count). The summed E-state index contributed by atoms with van der Waals surface area (Å²) in [5.41, 5.74) is 1.41. The molecule has 0 aromatic heterocycles. The maximum Gasteiger partial charge on any atom is 0.319 e. The number of carbonyl (C=O) groups is 2. The fourth-order valence-electron chi connectivity index (χ4n) is 5.19. The van der Waals surface area contributed by atoms with Crippen molar-refractivity contribution in [3.05, 3.63) is 29.8 Å². The third kappa shape index (κ3) is 3.57. The largest absolute Gasteiger partial charge is 0.339 e. The van der Waals surface area contributed by atoms with Crippen LogP contribution in [0, 0.1) is 17.8 Å². The number of hydrogen-bond donors (Lipinski definition) is 2. The molecular weight excluding hydrogens is 326 g/mol. The third-order valence-corrected chi connectivity index (χ3v) is 6.58. The summed E-state index contributed by atoms with van der Waals surface area (Å²) in [7, 11) is 0. The summed E-state index contributed by atoms with van der Waals surface area (Å²) in [4.78, 5) is 26.6. The molecule has 140 valence electrons. The van der Waals surface area contributed by atoms with Crippen LogP contribution >= 0.6 is 0 Å². The van der Waals surface area contributed by atoms with E-state index >= 15 is 0 Å². The number of amides is 3. The van der Waals surface area contributed by atoms with Crippen molar-refractivity contribution in [2.24, 2.45) is 17.8 Å². The van der Waals surface area contributed by atoms with E-state index in [0.717, 1.165) is 43.5 Å². The highest BCUT2D eigenvalue weighted by atomic mass is 16.2. The molecule has 3 aliphatic rings. The van der Waals surface area contributed by atoms with E-state index in [1.54, 1.807) is 12.1 Å². The number of nitrogens with zero attached hydrogens (tertiary/aromatic N) is 1. The van der Waals surface area contributed by atoms with Crippen LogP contribution in [0.3, 0.4) is 0 Å². The van der Waals surface area contributed by atoms with E-state index in [1.165, 1.54) is 25.7 Å². The Kier molecular flexibility index (Phi) is 4.88. The van der Waals surface area contributed by atoms with Gasteiger partial charge in [-0.15, -0.1) is 0 Å². The molecule has 1 aliphatic heterocycles. The number of carbonyl (C=O) groups excluding carboxylic acids is 2. The fraction of sp³-hybridized carbons (Fsp3) is 0.619. The lowest BCUT2D eigenvalue weighted by Gasteiger charge is -2.28. The van der Waals surface area contributed by atoms with Crippen molar-refractivity contribution >= 4 is 17.6 Å². The molecule has 3 amide bonds. The summed E-state index contributed by atoms with van der Waals surface area (Å²) in [6, 6.07) is 7.28. The van der Waals surface area contributed by atoms with Crippen molar-refractivity contribution in [1.29, 1.82) is 0 Å². The molecule has 1 aromatic carbocycles. The van der Waals surface area contributed by atoms with Crippen LogP contribution < -0.4 is 10.6 Å². The molecule has 4 atom stereocenters. The zero-order valence-corrected chi connectivity index (χ0v) is 15.5. The van der Waals surface area contributed by atoms with Gasteiger partial charge in [0.05, 0.1) is 0 Å². The zero-order chi connectivity index (χ0) is 18.1. The quantitative estimate of drug-likeness (QED) is 0.861. The molecule has 5 heteroatoms. The van der Waals surface area contributed by atoms with Crippen LogP contribution in [0.15, 0.2) is 24.3 Å². The zero-order valence-electron chi connectivity index (χ0n) is 15.5. The molecule has 0 unspecified atom stereocenters. The lowest BCUT2D eigenvalue weighted by Crippen LogP contribution is -2.42. The fourth-order valence-corrected chi connectivity index (χ4v) is 5.19. The van der Waals surface area contributed by atoms with Gasteiger partial charge in [-0.05, 0) is 81.0 Å². The molecule has 2 bridgehead atoms. The number of urea groups is 1. The highest BCUT2D eigenvalue weighted by molar-refractivity contribution is 5.95. The SMILES string of the molecule is C[C@H](NC(=O)Nc1ccc(C(=O)N2CCCC2)cc1)[C@H]1C[C@H]2CC[C@H]1C2. The minimum Gasteiger partial charge on any atom is -0.339 e. The Morgan fingerprint density at radius 1 is 1.08 bits per heavy atom.